The topological polar surface area (TPSA) is 653 Å². The number of oxime groups is 2. The first-order valence-corrected chi connectivity index (χ1v) is 25.6. The van der Waals surface area contributed by atoms with Crippen molar-refractivity contribution in [2.45, 2.75) is 33.1 Å². The van der Waals surface area contributed by atoms with E-state index < -0.39 is 80.6 Å². The minimum absolute atomic E-state index is 0. The number of β-lactam (4-membered cyclic amide) rings is 2. The molecule has 8 rings (SSSR count). The number of thiazole rings is 2. The van der Waals surface area contributed by atoms with Gasteiger partial charge in [-0.2, -0.15) is 9.97 Å². The van der Waals surface area contributed by atoms with Gasteiger partial charge in [-0.05, 0) is 25.2 Å². The molecule has 2 fully saturated rings. The third-order valence-electron chi connectivity index (χ3n) is 9.93. The van der Waals surface area contributed by atoms with Crippen molar-refractivity contribution >= 4 is 127 Å². The second kappa shape index (κ2) is 38.6. The van der Waals surface area contributed by atoms with Crippen molar-refractivity contribution in [2.24, 2.45) is 24.4 Å². The number of carbonyl (C=O) groups excluding carboxylic acids is 6. The third kappa shape index (κ3) is 19.7. The van der Waals surface area contributed by atoms with Crippen LogP contribution in [0.4, 0.5) is 10.3 Å². The summed E-state index contributed by atoms with van der Waals surface area (Å²) < 4.78 is 2.23. The van der Waals surface area contributed by atoms with E-state index in [-0.39, 0.29) is 234 Å². The summed E-state index contributed by atoms with van der Waals surface area (Å²) in [4.78, 5) is 148. The molecular formula is C36H46N16Na4O21S6. The molecule has 0 aliphatic carbocycles. The summed E-state index contributed by atoms with van der Waals surface area (Å²) in [7, 11) is 5.32. The Morgan fingerprint density at radius 1 is 0.627 bits per heavy atom. The number of aromatic nitrogens is 8. The Balaban J connectivity index is -0.000000431. The van der Waals surface area contributed by atoms with Crippen LogP contribution in [0.2, 0.25) is 0 Å². The largest absolute Gasteiger partial charge is 1.00 e. The Labute approximate surface area is 577 Å². The molecule has 47 heteroatoms. The molecule has 4 aromatic rings. The van der Waals surface area contributed by atoms with E-state index >= 15 is 0 Å². The number of nitrogen functional groups attached to an aromatic ring is 2. The molecule has 4 aliphatic heterocycles. The van der Waals surface area contributed by atoms with E-state index in [9.17, 15) is 58.2 Å². The molecule has 4 aromatic heterocycles. The average Bonchev–Trinajstić information content (AvgIpc) is 3.98. The van der Waals surface area contributed by atoms with Gasteiger partial charge in [0.05, 0.1) is 23.3 Å². The fourth-order valence-electron chi connectivity index (χ4n) is 6.78. The van der Waals surface area contributed by atoms with Gasteiger partial charge in [0.1, 0.15) is 48.4 Å². The predicted molar refractivity (Wildman–Crippen MR) is 279 cm³/mol. The monoisotopic (exact) mass is 1320 g/mol. The summed E-state index contributed by atoms with van der Waals surface area (Å²) in [6.07, 6.45) is 0. The third-order valence-corrected chi connectivity index (χ3v) is 16.2. The van der Waals surface area contributed by atoms with Crippen LogP contribution in [0.3, 0.4) is 0 Å². The van der Waals surface area contributed by atoms with Crippen LogP contribution in [0, 0.1) is 0 Å². The summed E-state index contributed by atoms with van der Waals surface area (Å²) in [6, 6.07) is -2.05. The quantitative estimate of drug-likeness (QED) is 0.0202. The number of fused-ring (bicyclic) bond motifs is 2. The van der Waals surface area contributed by atoms with Gasteiger partial charge >= 0.3 is 118 Å². The average molecular weight is 1320 g/mol. The maximum absolute atomic E-state index is 12.9. The molecule has 0 spiro atoms. The fraction of sp³-hybridized carbons (Fsp3) is 0.333. The van der Waals surface area contributed by atoms with Gasteiger partial charge in [0.2, 0.25) is 0 Å². The minimum Gasteiger partial charge on any atom is -0.554 e. The van der Waals surface area contributed by atoms with Crippen LogP contribution in [-0.4, -0.2) is 184 Å². The SMILES string of the molecule is CO/N=C(\C(=O)N[C@@H]1C(=O)N2C(C(=O)[O-])=C(CSc3nc(=O)c(=O)[n-]n3C)CS[C@H]12)c1csc(N)n1.CO/N=C(\C(=O)N[C@@H]1C(=O)N2C(C(=O)[O-])=C(CSc3nc(=O)c(=O)[n-]n3C)CS[C@H]12)c1csc(N)n1.O.O.O.O.O.O.O.[Na+].[Na+].[Na+].[Na+]. The first-order chi connectivity index (χ1) is 34.2. The van der Waals surface area contributed by atoms with Crippen LogP contribution in [0.5, 0.6) is 0 Å². The second-order valence-electron chi connectivity index (χ2n) is 14.4. The molecule has 0 saturated carbocycles. The van der Waals surface area contributed by atoms with Crippen LogP contribution in [-0.2, 0) is 52.5 Å². The first kappa shape index (κ1) is 88.2. The Kier molecular flexibility index (Phi) is 41.0. The van der Waals surface area contributed by atoms with E-state index in [1.165, 1.54) is 62.6 Å². The first-order valence-electron chi connectivity index (χ1n) is 19.8. The number of nitrogens with two attached hydrogens (primary N) is 2. The number of rotatable bonds is 16. The Morgan fingerprint density at radius 3 is 1.23 bits per heavy atom. The summed E-state index contributed by atoms with van der Waals surface area (Å²) in [5.74, 6) is -5.46. The van der Waals surface area contributed by atoms with Crippen molar-refractivity contribution < 1.29 is 205 Å². The number of anilines is 2. The molecule has 37 nitrogen and oxygen atoms in total. The van der Waals surface area contributed by atoms with Gasteiger partial charge in [-0.25, -0.2) is 9.97 Å². The molecule has 4 atom stereocenters. The van der Waals surface area contributed by atoms with Gasteiger partial charge in [-0.1, -0.05) is 33.8 Å². The number of thioether (sulfide) groups is 4. The van der Waals surface area contributed by atoms with E-state index in [4.69, 9.17) is 21.1 Å². The molecule has 0 bridgehead atoms. The standard InChI is InChI=1S/2C18H18N8O7S3.4Na.7H2O/c2*1-25-18(22-12(28)13(29)23-25)36-4-6-3-34-15-9(14(30)26(15)10(6)16(31)32)21-11(27)8(24-33-2)7-5-35-17(19)20-7;;;;;;;;;;;/h2*5,9,15H,3-4H2,1-2H3,(H5,19,20,21,23,27,29,31,32);;;;;7*1H2/q;;4*+1;;;;;;;/p-4/b2*24-8-;;;;;;;;;;;/t2*9-,15-;;;;;;;;;;;/m11.........../s1. The van der Waals surface area contributed by atoms with Gasteiger partial charge in [-0.15, -0.1) is 46.2 Å². The molecule has 436 valence electrons. The molecule has 0 aromatic carbocycles. The van der Waals surface area contributed by atoms with Crippen LogP contribution < -0.4 is 183 Å². The van der Waals surface area contributed by atoms with Gasteiger partial charge in [-0.3, -0.25) is 38.6 Å². The number of amides is 4. The fourth-order valence-corrected chi connectivity index (χ4v) is 12.7. The van der Waals surface area contributed by atoms with Crippen LogP contribution in [0.15, 0.2) is 73.1 Å². The molecule has 2 saturated heterocycles. The van der Waals surface area contributed by atoms with Gasteiger partial charge in [0.15, 0.2) is 43.1 Å². The second-order valence-corrected chi connectivity index (χ2v) is 20.3. The molecule has 83 heavy (non-hydrogen) atoms. The Bertz CT molecular complexity index is 3110. The van der Waals surface area contributed by atoms with Gasteiger partial charge < -0.3 is 119 Å². The number of nitrogens with one attached hydrogen (secondary N) is 2. The molecule has 4 aliphatic rings. The Hall–Kier alpha value is -3.56. The normalized spacial score (nSPS) is 17.0. The van der Waals surface area contributed by atoms with Crippen molar-refractivity contribution in [3.05, 3.63) is 86.1 Å². The molecular weight excluding hydrogens is 1280 g/mol. The van der Waals surface area contributed by atoms with Crippen molar-refractivity contribution in [1.29, 1.82) is 0 Å². The maximum atomic E-state index is 12.9. The number of aryl methyl sites for hydroxylation is 2. The zero-order valence-electron chi connectivity index (χ0n) is 44.5. The number of carbonyl (C=O) groups is 6. The minimum atomic E-state index is -1.57. The smallest absolute Gasteiger partial charge is 0.554 e. The molecule has 0 radical (unpaired) electrons. The number of carboxylic acid groups (broad SMARTS) is 2. The number of nitrogens with zero attached hydrogens (tertiary/aromatic N) is 12. The maximum Gasteiger partial charge on any atom is 1.00 e. The number of hydrogen-bond acceptors (Lipinski definition) is 28. The van der Waals surface area contributed by atoms with Gasteiger partial charge in [0, 0.05) is 33.8 Å². The predicted octanol–water partition coefficient (Wildman–Crippen LogP) is -24.4. The number of carboxylic acids is 2. The van der Waals surface area contributed by atoms with E-state index in [0.29, 0.717) is 11.1 Å². The molecule has 20 N–H and O–H groups in total. The Morgan fingerprint density at radius 2 is 0.952 bits per heavy atom. The summed E-state index contributed by atoms with van der Waals surface area (Å²) in [6.45, 7) is 0. The van der Waals surface area contributed by atoms with Crippen molar-refractivity contribution in [1.82, 2.24) is 59.9 Å². The van der Waals surface area contributed by atoms with E-state index in [0.717, 1.165) is 65.4 Å². The number of hydrogen-bond donors (Lipinski definition) is 4. The van der Waals surface area contributed by atoms with Crippen molar-refractivity contribution in [3.63, 3.8) is 0 Å². The molecule has 8 heterocycles. The molecule has 0 unspecified atom stereocenters. The molecule has 4 amide bonds. The summed E-state index contributed by atoms with van der Waals surface area (Å²) in [5.41, 5.74) is 7.12. The van der Waals surface area contributed by atoms with Gasteiger partial charge in [0.25, 0.3) is 34.7 Å². The van der Waals surface area contributed by atoms with E-state index in [1.807, 2.05) is 0 Å². The van der Waals surface area contributed by atoms with Crippen LogP contribution in [0.25, 0.3) is 0 Å². The van der Waals surface area contributed by atoms with Crippen molar-refractivity contribution in [2.75, 3.05) is 48.7 Å². The van der Waals surface area contributed by atoms with E-state index in [1.54, 1.807) is 0 Å². The van der Waals surface area contributed by atoms with Crippen LogP contribution >= 0.6 is 69.7 Å². The zero-order valence-corrected chi connectivity index (χ0v) is 57.4. The van der Waals surface area contributed by atoms with E-state index in [2.05, 4.69) is 51.1 Å². The van der Waals surface area contributed by atoms with Crippen molar-refractivity contribution in [3.8, 4) is 0 Å². The summed E-state index contributed by atoms with van der Waals surface area (Å²) >= 11 is 6.61. The summed E-state index contributed by atoms with van der Waals surface area (Å²) in [5, 5.41) is 45.5. The zero-order chi connectivity index (χ0) is 52.3. The van der Waals surface area contributed by atoms with Crippen LogP contribution in [0.1, 0.15) is 11.4 Å². The number of aliphatic carboxylic acids is 2.